The number of aliphatic hydroxyl groups is 6. The summed E-state index contributed by atoms with van der Waals surface area (Å²) in [5.41, 5.74) is 0.438. The summed E-state index contributed by atoms with van der Waals surface area (Å²) in [7, 11) is 4.15. The van der Waals surface area contributed by atoms with Gasteiger partial charge in [-0.25, -0.2) is 0 Å². The lowest BCUT2D eigenvalue weighted by molar-refractivity contribution is -0.318. The fourth-order valence-corrected chi connectivity index (χ4v) is 5.28. The van der Waals surface area contributed by atoms with Crippen molar-refractivity contribution in [2.24, 2.45) is 0 Å². The van der Waals surface area contributed by atoms with Crippen LogP contribution in [0.4, 0.5) is 0 Å². The Kier molecular flexibility index (Phi) is 9.83. The minimum atomic E-state index is -1.76. The van der Waals surface area contributed by atoms with E-state index in [1.54, 1.807) is 24.3 Å². The SMILES string of the molecule is COc1ccc(-c2coc3cc(OC4OC(COC5OC(C)C(O)C(O)C5O)C(O)C(O)C4O)c(OC)c(OC)c3c2=O)cc1. The number of hydrogen-bond acceptors (Lipinski definition) is 15. The molecule has 0 amide bonds. The Bertz CT molecular complexity index is 1520. The Hall–Kier alpha value is -3.51. The normalized spacial score (nSPS) is 31.9. The molecule has 0 bridgehead atoms. The van der Waals surface area contributed by atoms with E-state index in [1.807, 2.05) is 0 Å². The van der Waals surface area contributed by atoms with Crippen molar-refractivity contribution in [2.45, 2.75) is 68.3 Å². The fourth-order valence-electron chi connectivity index (χ4n) is 5.28. The average molecular weight is 637 g/mol. The van der Waals surface area contributed by atoms with Gasteiger partial charge in [0, 0.05) is 6.07 Å². The molecule has 5 rings (SSSR count). The summed E-state index contributed by atoms with van der Waals surface area (Å²) in [6.07, 6.45) is -13.6. The molecule has 2 saturated heterocycles. The maximum Gasteiger partial charge on any atom is 0.229 e. The summed E-state index contributed by atoms with van der Waals surface area (Å²) in [6.45, 7) is 0.989. The van der Waals surface area contributed by atoms with Crippen molar-refractivity contribution in [1.29, 1.82) is 0 Å². The monoisotopic (exact) mass is 636 g/mol. The Labute approximate surface area is 256 Å². The van der Waals surface area contributed by atoms with Crippen LogP contribution in [0.15, 0.2) is 45.8 Å². The van der Waals surface area contributed by atoms with E-state index < -0.39 is 73.4 Å². The van der Waals surface area contributed by atoms with Crippen molar-refractivity contribution in [3.63, 3.8) is 0 Å². The van der Waals surface area contributed by atoms with Crippen molar-refractivity contribution < 1.29 is 68.2 Å². The third-order valence-electron chi connectivity index (χ3n) is 7.90. The molecule has 3 aromatic rings. The first-order chi connectivity index (χ1) is 21.5. The fraction of sp³-hybridized carbons (Fsp3) is 0.500. The molecule has 15 heteroatoms. The molecular formula is C30H36O15. The van der Waals surface area contributed by atoms with Crippen LogP contribution in [0.25, 0.3) is 22.1 Å². The van der Waals surface area contributed by atoms with E-state index >= 15 is 0 Å². The van der Waals surface area contributed by atoms with E-state index in [0.29, 0.717) is 11.3 Å². The van der Waals surface area contributed by atoms with E-state index in [0.717, 1.165) is 0 Å². The zero-order chi connectivity index (χ0) is 32.6. The van der Waals surface area contributed by atoms with E-state index in [9.17, 15) is 35.4 Å². The van der Waals surface area contributed by atoms with Gasteiger partial charge in [-0.1, -0.05) is 12.1 Å². The minimum absolute atomic E-state index is 0.0295. The van der Waals surface area contributed by atoms with Crippen molar-refractivity contribution in [3.05, 3.63) is 46.8 Å². The number of ether oxygens (including phenoxy) is 7. The lowest BCUT2D eigenvalue weighted by atomic mass is 9.98. The van der Waals surface area contributed by atoms with Gasteiger partial charge in [0.25, 0.3) is 0 Å². The van der Waals surface area contributed by atoms with E-state index in [1.165, 1.54) is 40.6 Å². The first-order valence-electron chi connectivity index (χ1n) is 14.0. The summed E-state index contributed by atoms with van der Waals surface area (Å²) in [4.78, 5) is 13.6. The summed E-state index contributed by atoms with van der Waals surface area (Å²) in [5, 5.41) is 62.1. The summed E-state index contributed by atoms with van der Waals surface area (Å²) in [6, 6.07) is 8.13. The maximum absolute atomic E-state index is 13.6. The van der Waals surface area contributed by atoms with Crippen LogP contribution in [0.3, 0.4) is 0 Å². The molecule has 0 saturated carbocycles. The Morgan fingerprint density at radius 1 is 0.756 bits per heavy atom. The lowest BCUT2D eigenvalue weighted by Crippen LogP contribution is -2.61. The molecule has 6 N–H and O–H groups in total. The molecule has 15 nitrogen and oxygen atoms in total. The van der Waals surface area contributed by atoms with Gasteiger partial charge < -0.3 is 68.2 Å². The first kappa shape index (κ1) is 32.9. The predicted octanol–water partition coefficient (Wildman–Crippen LogP) is -0.484. The minimum Gasteiger partial charge on any atom is -0.497 e. The van der Waals surface area contributed by atoms with Crippen molar-refractivity contribution >= 4 is 11.0 Å². The highest BCUT2D eigenvalue weighted by Crippen LogP contribution is 2.44. The van der Waals surface area contributed by atoms with Crippen LogP contribution in [-0.4, -0.2) is 120 Å². The summed E-state index contributed by atoms with van der Waals surface area (Å²) in [5.74, 6) is 0.440. The van der Waals surface area contributed by atoms with Gasteiger partial charge in [0.1, 0.15) is 65.7 Å². The molecule has 10 unspecified atom stereocenters. The van der Waals surface area contributed by atoms with Crippen LogP contribution in [-0.2, 0) is 14.2 Å². The van der Waals surface area contributed by atoms with Gasteiger partial charge in [0.05, 0.1) is 39.6 Å². The summed E-state index contributed by atoms with van der Waals surface area (Å²) >= 11 is 0. The van der Waals surface area contributed by atoms with Crippen molar-refractivity contribution in [3.8, 4) is 34.1 Å². The highest BCUT2D eigenvalue weighted by atomic mass is 16.7. The molecule has 10 atom stereocenters. The number of aliphatic hydroxyl groups excluding tert-OH is 6. The van der Waals surface area contributed by atoms with Crippen LogP contribution in [0.2, 0.25) is 0 Å². The molecule has 2 aliphatic rings. The quantitative estimate of drug-likeness (QED) is 0.175. The smallest absolute Gasteiger partial charge is 0.229 e. The third kappa shape index (κ3) is 6.18. The van der Waals surface area contributed by atoms with E-state index in [4.69, 9.17) is 37.6 Å². The van der Waals surface area contributed by atoms with Gasteiger partial charge in [0.15, 0.2) is 17.8 Å². The Morgan fingerprint density at radius 3 is 2.04 bits per heavy atom. The second-order valence-corrected chi connectivity index (χ2v) is 10.7. The second kappa shape index (κ2) is 13.5. The first-order valence-corrected chi connectivity index (χ1v) is 14.0. The third-order valence-corrected chi connectivity index (χ3v) is 7.90. The topological polar surface area (TPSA) is 216 Å². The van der Waals surface area contributed by atoms with E-state index in [2.05, 4.69) is 0 Å². The Balaban J connectivity index is 1.42. The largest absolute Gasteiger partial charge is 0.497 e. The molecule has 1 aromatic heterocycles. The molecule has 246 valence electrons. The highest BCUT2D eigenvalue weighted by molar-refractivity contribution is 5.91. The zero-order valence-corrected chi connectivity index (χ0v) is 24.8. The number of methoxy groups -OCH3 is 3. The average Bonchev–Trinajstić information content (AvgIpc) is 3.05. The van der Waals surface area contributed by atoms with Crippen LogP contribution < -0.4 is 24.4 Å². The van der Waals surface area contributed by atoms with Gasteiger partial charge >= 0.3 is 0 Å². The standard InChI is InChI=1S/C30H36O15/c1-12-20(31)23(34)25(36)29(43-12)42-11-18-22(33)24(35)26(37)30(45-18)44-17-9-16-19(28(40-4)27(17)39-3)21(32)15(10-41-16)13-5-7-14(38-2)8-6-13/h5-10,12,18,20,22-26,29-31,33-37H,11H2,1-4H3. The number of fused-ring (bicyclic) bond motifs is 1. The van der Waals surface area contributed by atoms with E-state index in [-0.39, 0.29) is 33.8 Å². The molecular weight excluding hydrogens is 600 g/mol. The molecule has 2 fully saturated rings. The van der Waals surface area contributed by atoms with Crippen molar-refractivity contribution in [1.82, 2.24) is 0 Å². The lowest BCUT2D eigenvalue weighted by Gasteiger charge is -2.42. The van der Waals surface area contributed by atoms with Gasteiger partial charge in [0.2, 0.25) is 17.5 Å². The molecule has 45 heavy (non-hydrogen) atoms. The van der Waals surface area contributed by atoms with Gasteiger partial charge in [-0.2, -0.15) is 0 Å². The van der Waals surface area contributed by atoms with Crippen LogP contribution in [0.1, 0.15) is 6.92 Å². The Morgan fingerprint density at radius 2 is 1.40 bits per heavy atom. The van der Waals surface area contributed by atoms with Crippen molar-refractivity contribution in [2.75, 3.05) is 27.9 Å². The molecule has 2 aliphatic heterocycles. The molecule has 0 aliphatic carbocycles. The molecule has 0 spiro atoms. The zero-order valence-electron chi connectivity index (χ0n) is 24.8. The van der Waals surface area contributed by atoms with Gasteiger partial charge in [-0.05, 0) is 24.6 Å². The van der Waals surface area contributed by atoms with Crippen LogP contribution in [0, 0.1) is 0 Å². The molecule has 0 radical (unpaired) electrons. The van der Waals surface area contributed by atoms with Gasteiger partial charge in [-0.3, -0.25) is 4.79 Å². The maximum atomic E-state index is 13.6. The number of rotatable bonds is 9. The van der Waals surface area contributed by atoms with Gasteiger partial charge in [-0.15, -0.1) is 0 Å². The summed E-state index contributed by atoms with van der Waals surface area (Å²) < 4.78 is 44.6. The second-order valence-electron chi connectivity index (χ2n) is 10.7. The molecule has 3 heterocycles. The molecule has 2 aromatic carbocycles. The van der Waals surface area contributed by atoms with Crippen LogP contribution >= 0.6 is 0 Å². The predicted molar refractivity (Wildman–Crippen MR) is 153 cm³/mol. The number of benzene rings is 2. The van der Waals surface area contributed by atoms with Crippen LogP contribution in [0.5, 0.6) is 23.0 Å². The number of hydrogen-bond donors (Lipinski definition) is 6. The highest BCUT2D eigenvalue weighted by Gasteiger charge is 2.47.